The fourth-order valence-corrected chi connectivity index (χ4v) is 4.69. The molecule has 0 aromatic heterocycles. The smallest absolute Gasteiger partial charge is 0.546 e. The summed E-state index contributed by atoms with van der Waals surface area (Å²) in [6, 6.07) is 3.85. The number of halogens is 3. The minimum atomic E-state index is -1.21. The molecule has 0 saturated carbocycles. The fraction of sp³-hybridized carbons (Fsp3) is 0.125. The SMILES string of the molecule is O=C([O-])COc1c(I)cc(I)cc1I.[Na+]. The van der Waals surface area contributed by atoms with E-state index < -0.39 is 12.6 Å². The Hall–Kier alpha value is 1.68. The maximum Gasteiger partial charge on any atom is 1.00 e. The van der Waals surface area contributed by atoms with Crippen LogP contribution < -0.4 is 39.4 Å². The van der Waals surface area contributed by atoms with Gasteiger partial charge in [0.05, 0.1) is 13.1 Å². The normalized spacial score (nSPS) is 9.27. The van der Waals surface area contributed by atoms with E-state index in [0.29, 0.717) is 5.75 Å². The third-order valence-electron chi connectivity index (χ3n) is 1.30. The van der Waals surface area contributed by atoms with Crippen LogP contribution in [0.25, 0.3) is 0 Å². The zero-order valence-corrected chi connectivity index (χ0v) is 16.2. The summed E-state index contributed by atoms with van der Waals surface area (Å²) in [5.41, 5.74) is 0. The number of carboxylic acid groups (broad SMARTS) is 1. The van der Waals surface area contributed by atoms with Gasteiger partial charge in [-0.1, -0.05) is 0 Å². The van der Waals surface area contributed by atoms with Crippen LogP contribution in [0.3, 0.4) is 0 Å². The second kappa shape index (κ2) is 7.90. The first-order chi connectivity index (χ1) is 6.50. The summed E-state index contributed by atoms with van der Waals surface area (Å²) < 4.78 is 8.00. The molecule has 1 aromatic rings. The molecule has 0 spiro atoms. The molecule has 76 valence electrons. The van der Waals surface area contributed by atoms with Crippen LogP contribution in [0.2, 0.25) is 0 Å². The molecule has 0 atom stereocenters. The van der Waals surface area contributed by atoms with Crippen molar-refractivity contribution in [3.63, 3.8) is 0 Å². The van der Waals surface area contributed by atoms with Crippen molar-refractivity contribution in [2.45, 2.75) is 0 Å². The summed E-state index contributed by atoms with van der Waals surface area (Å²) in [7, 11) is 0. The van der Waals surface area contributed by atoms with Gasteiger partial charge in [-0.25, -0.2) is 0 Å². The molecule has 0 aliphatic carbocycles. The number of carboxylic acids is 1. The summed E-state index contributed by atoms with van der Waals surface area (Å²) in [6.45, 7) is -0.410. The largest absolute Gasteiger partial charge is 1.00 e. The molecule has 0 radical (unpaired) electrons. The van der Waals surface area contributed by atoms with E-state index in [-0.39, 0.29) is 29.6 Å². The molecule has 0 amide bonds. The second-order valence-electron chi connectivity index (χ2n) is 2.36. The maximum atomic E-state index is 10.2. The van der Waals surface area contributed by atoms with E-state index >= 15 is 0 Å². The van der Waals surface area contributed by atoms with Gasteiger partial charge in [-0.3, -0.25) is 0 Å². The average molecular weight is 552 g/mol. The van der Waals surface area contributed by atoms with Crippen LogP contribution in [-0.4, -0.2) is 12.6 Å². The van der Waals surface area contributed by atoms with Crippen molar-refractivity contribution in [3.05, 3.63) is 22.8 Å². The Morgan fingerprint density at radius 3 is 2.13 bits per heavy atom. The van der Waals surface area contributed by atoms with Crippen LogP contribution in [0.4, 0.5) is 0 Å². The minimum Gasteiger partial charge on any atom is -0.546 e. The van der Waals surface area contributed by atoms with E-state index in [0.717, 1.165) is 10.7 Å². The molecular weight excluding hydrogens is 548 g/mol. The Balaban J connectivity index is 0.00000196. The number of ether oxygens (including phenoxy) is 1. The molecule has 7 heteroatoms. The summed E-state index contributed by atoms with van der Waals surface area (Å²) in [5.74, 6) is -0.606. The van der Waals surface area contributed by atoms with Gasteiger partial charge < -0.3 is 14.6 Å². The first-order valence-electron chi connectivity index (χ1n) is 3.48. The molecule has 0 fully saturated rings. The summed E-state index contributed by atoms with van der Waals surface area (Å²) >= 11 is 6.42. The van der Waals surface area contributed by atoms with Gasteiger partial charge in [0.15, 0.2) is 0 Å². The van der Waals surface area contributed by atoms with E-state index in [1.165, 1.54) is 0 Å². The second-order valence-corrected chi connectivity index (χ2v) is 5.93. The number of benzene rings is 1. The van der Waals surface area contributed by atoms with Crippen LogP contribution in [0, 0.1) is 10.7 Å². The molecule has 0 aliphatic heterocycles. The number of carbonyl (C=O) groups is 1. The van der Waals surface area contributed by atoms with Crippen molar-refractivity contribution in [2.75, 3.05) is 6.61 Å². The molecule has 1 aromatic carbocycles. The third-order valence-corrected chi connectivity index (χ3v) is 3.52. The number of aliphatic carboxylic acids is 1. The van der Waals surface area contributed by atoms with Crippen molar-refractivity contribution in [2.24, 2.45) is 0 Å². The van der Waals surface area contributed by atoms with E-state index in [9.17, 15) is 9.90 Å². The van der Waals surface area contributed by atoms with Crippen LogP contribution in [0.1, 0.15) is 0 Å². The Kier molecular flexibility index (Phi) is 8.79. The van der Waals surface area contributed by atoms with E-state index in [1.807, 2.05) is 12.1 Å². The third kappa shape index (κ3) is 5.70. The number of hydrogen-bond donors (Lipinski definition) is 0. The molecule has 0 N–H and O–H groups in total. The molecule has 0 heterocycles. The Labute approximate surface area is 150 Å². The Morgan fingerprint density at radius 2 is 1.73 bits per heavy atom. The number of rotatable bonds is 3. The Bertz CT molecular complexity index is 347. The molecule has 0 saturated heterocycles. The molecule has 0 unspecified atom stereocenters. The average Bonchev–Trinajstić information content (AvgIpc) is 2.01. The number of hydrogen-bond acceptors (Lipinski definition) is 3. The van der Waals surface area contributed by atoms with Crippen LogP contribution in [0.5, 0.6) is 5.75 Å². The molecule has 1 rings (SSSR count). The number of carbonyl (C=O) groups excluding carboxylic acids is 1. The molecule has 0 bridgehead atoms. The predicted molar refractivity (Wildman–Crippen MR) is 75.1 cm³/mol. The van der Waals surface area contributed by atoms with Crippen molar-refractivity contribution >= 4 is 73.7 Å². The van der Waals surface area contributed by atoms with Crippen molar-refractivity contribution in [3.8, 4) is 5.75 Å². The van der Waals surface area contributed by atoms with Crippen molar-refractivity contribution in [1.29, 1.82) is 0 Å². The quantitative estimate of drug-likeness (QED) is 0.344. The summed E-state index contributed by atoms with van der Waals surface area (Å²) in [4.78, 5) is 10.2. The van der Waals surface area contributed by atoms with Crippen LogP contribution in [-0.2, 0) is 4.79 Å². The van der Waals surface area contributed by atoms with Gasteiger partial charge in [0.2, 0.25) is 0 Å². The Morgan fingerprint density at radius 1 is 1.27 bits per heavy atom. The summed E-state index contributed by atoms with van der Waals surface area (Å²) in [6.07, 6.45) is 0. The van der Waals surface area contributed by atoms with Gasteiger partial charge in [-0.15, -0.1) is 0 Å². The molecule has 15 heavy (non-hydrogen) atoms. The molecular formula is C8H4I3NaO3. The van der Waals surface area contributed by atoms with E-state index in [1.54, 1.807) is 0 Å². The monoisotopic (exact) mass is 552 g/mol. The van der Waals surface area contributed by atoms with Crippen molar-refractivity contribution < 1.29 is 44.2 Å². The summed E-state index contributed by atoms with van der Waals surface area (Å²) in [5, 5.41) is 10.2. The minimum absolute atomic E-state index is 0. The molecule has 3 nitrogen and oxygen atoms in total. The van der Waals surface area contributed by atoms with Gasteiger partial charge in [-0.05, 0) is 79.9 Å². The zero-order chi connectivity index (χ0) is 10.7. The fourth-order valence-electron chi connectivity index (χ4n) is 0.798. The van der Waals surface area contributed by atoms with Crippen molar-refractivity contribution in [1.82, 2.24) is 0 Å². The van der Waals surface area contributed by atoms with Crippen LogP contribution in [0.15, 0.2) is 12.1 Å². The van der Waals surface area contributed by atoms with Gasteiger partial charge in [0.1, 0.15) is 12.4 Å². The van der Waals surface area contributed by atoms with Gasteiger partial charge in [0.25, 0.3) is 0 Å². The molecule has 0 aliphatic rings. The standard InChI is InChI=1S/C8H5I3O3.Na/c9-4-1-5(10)8(6(11)2-4)14-3-7(12)13;/h1-2H,3H2,(H,12,13);/q;+1/p-1. The van der Waals surface area contributed by atoms with Gasteiger partial charge in [0, 0.05) is 3.57 Å². The topological polar surface area (TPSA) is 49.4 Å². The van der Waals surface area contributed by atoms with E-state index in [2.05, 4.69) is 67.8 Å². The van der Waals surface area contributed by atoms with Gasteiger partial charge >= 0.3 is 29.6 Å². The van der Waals surface area contributed by atoms with E-state index in [4.69, 9.17) is 4.74 Å². The first-order valence-corrected chi connectivity index (χ1v) is 6.71. The maximum absolute atomic E-state index is 10.2. The van der Waals surface area contributed by atoms with Gasteiger partial charge in [-0.2, -0.15) is 0 Å². The first kappa shape index (κ1) is 16.7. The zero-order valence-electron chi connectivity index (χ0n) is 7.72. The van der Waals surface area contributed by atoms with Crippen LogP contribution >= 0.6 is 67.8 Å². The predicted octanol–water partition coefficient (Wildman–Crippen LogP) is -1.37.